The van der Waals surface area contributed by atoms with Gasteiger partial charge in [0.05, 0.1) is 18.1 Å². The average Bonchev–Trinajstić information content (AvgIpc) is 2.91. The Bertz CT molecular complexity index is 661. The number of hydrogen-bond acceptors (Lipinski definition) is 3. The number of benzene rings is 1. The molecule has 0 aliphatic carbocycles. The van der Waals surface area contributed by atoms with E-state index in [1.54, 1.807) is 11.3 Å². The highest BCUT2D eigenvalue weighted by Crippen LogP contribution is 2.12. The zero-order valence-corrected chi connectivity index (χ0v) is 16.0. The van der Waals surface area contributed by atoms with Crippen molar-refractivity contribution in [2.24, 2.45) is 4.99 Å². The number of aryl methyl sites for hydroxylation is 1. The molecule has 0 spiro atoms. The highest BCUT2D eigenvalue weighted by molar-refractivity contribution is 14.0. The lowest BCUT2D eigenvalue weighted by atomic mass is 10.2. The first-order valence-corrected chi connectivity index (χ1v) is 7.77. The van der Waals surface area contributed by atoms with Gasteiger partial charge in [-0.2, -0.15) is 0 Å². The fraction of sp³-hybridized carbons (Fsp3) is 0.333. The van der Waals surface area contributed by atoms with E-state index in [4.69, 9.17) is 0 Å². The molecular weight excluding hydrogens is 433 g/mol. The van der Waals surface area contributed by atoms with Crippen molar-refractivity contribution >= 4 is 41.3 Å². The van der Waals surface area contributed by atoms with E-state index in [2.05, 4.69) is 20.6 Å². The maximum atomic E-state index is 13.6. The van der Waals surface area contributed by atoms with Gasteiger partial charge in [0.25, 0.3) is 0 Å². The van der Waals surface area contributed by atoms with Crippen molar-refractivity contribution in [2.45, 2.75) is 26.9 Å². The number of aliphatic imine (C=N–C) groups is 1. The number of nitrogens with zero attached hydrogens (tertiary/aromatic N) is 2. The second-order valence-electron chi connectivity index (χ2n) is 4.63. The van der Waals surface area contributed by atoms with Crippen LogP contribution in [0.3, 0.4) is 0 Å². The summed E-state index contributed by atoms with van der Waals surface area (Å²) >= 11 is 1.60. The van der Waals surface area contributed by atoms with Crippen molar-refractivity contribution in [1.82, 2.24) is 15.6 Å². The molecule has 1 aromatic heterocycles. The van der Waals surface area contributed by atoms with Crippen LogP contribution in [0.25, 0.3) is 0 Å². The van der Waals surface area contributed by atoms with Gasteiger partial charge in [-0.3, -0.25) is 0 Å². The minimum Gasteiger partial charge on any atom is -0.357 e. The molecule has 0 unspecified atom stereocenters. The smallest absolute Gasteiger partial charge is 0.191 e. The van der Waals surface area contributed by atoms with Crippen LogP contribution >= 0.6 is 35.3 Å². The van der Waals surface area contributed by atoms with Gasteiger partial charge in [-0.05, 0) is 32.0 Å². The zero-order valence-electron chi connectivity index (χ0n) is 12.9. The Morgan fingerprint density at radius 2 is 2.09 bits per heavy atom. The Balaban J connectivity index is 0.00000264. The number of halogens is 3. The largest absolute Gasteiger partial charge is 0.357 e. The van der Waals surface area contributed by atoms with E-state index < -0.39 is 11.6 Å². The summed E-state index contributed by atoms with van der Waals surface area (Å²) in [5, 5.41) is 7.22. The van der Waals surface area contributed by atoms with Crippen LogP contribution in [0.4, 0.5) is 8.78 Å². The Labute approximate surface area is 155 Å². The zero-order chi connectivity index (χ0) is 15.9. The maximum absolute atomic E-state index is 13.6. The first kappa shape index (κ1) is 19.8. The molecule has 126 valence electrons. The molecule has 2 rings (SSSR count). The Kier molecular flexibility index (Phi) is 8.38. The van der Waals surface area contributed by atoms with E-state index in [0.717, 1.165) is 28.1 Å². The third-order valence-corrected chi connectivity index (χ3v) is 3.77. The number of rotatable bonds is 5. The predicted octanol–water partition coefficient (Wildman–Crippen LogP) is 3.60. The monoisotopic (exact) mass is 452 g/mol. The minimum absolute atomic E-state index is 0. The molecule has 1 aromatic carbocycles. The van der Waals surface area contributed by atoms with Gasteiger partial charge in [-0.15, -0.1) is 35.3 Å². The van der Waals surface area contributed by atoms with Gasteiger partial charge < -0.3 is 10.6 Å². The lowest BCUT2D eigenvalue weighted by molar-refractivity contribution is 0.585. The average molecular weight is 452 g/mol. The van der Waals surface area contributed by atoms with E-state index >= 15 is 0 Å². The van der Waals surface area contributed by atoms with Crippen LogP contribution < -0.4 is 10.6 Å². The molecule has 0 aliphatic rings. The van der Waals surface area contributed by atoms with Gasteiger partial charge in [-0.25, -0.2) is 18.8 Å². The van der Waals surface area contributed by atoms with E-state index in [-0.39, 0.29) is 36.1 Å². The highest BCUT2D eigenvalue weighted by atomic mass is 127. The van der Waals surface area contributed by atoms with Crippen LogP contribution in [0.2, 0.25) is 0 Å². The van der Waals surface area contributed by atoms with E-state index in [9.17, 15) is 8.78 Å². The van der Waals surface area contributed by atoms with Crippen LogP contribution in [-0.4, -0.2) is 17.5 Å². The van der Waals surface area contributed by atoms with Gasteiger partial charge in [0.1, 0.15) is 11.6 Å². The van der Waals surface area contributed by atoms with Gasteiger partial charge in [0.2, 0.25) is 0 Å². The second-order valence-corrected chi connectivity index (χ2v) is 5.95. The molecule has 0 atom stereocenters. The summed E-state index contributed by atoms with van der Waals surface area (Å²) < 4.78 is 26.7. The van der Waals surface area contributed by atoms with Crippen LogP contribution in [0, 0.1) is 18.6 Å². The summed E-state index contributed by atoms with van der Waals surface area (Å²) in [5.41, 5.74) is 0.228. The summed E-state index contributed by atoms with van der Waals surface area (Å²) in [5.74, 6) is -0.374. The summed E-state index contributed by atoms with van der Waals surface area (Å²) in [6.45, 7) is 5.22. The fourth-order valence-corrected chi connectivity index (χ4v) is 2.56. The van der Waals surface area contributed by atoms with Crippen LogP contribution in [0.15, 0.2) is 29.4 Å². The first-order valence-electron chi connectivity index (χ1n) is 6.96. The van der Waals surface area contributed by atoms with Gasteiger partial charge in [-0.1, -0.05) is 0 Å². The molecule has 0 bridgehead atoms. The van der Waals surface area contributed by atoms with Crippen molar-refractivity contribution in [3.63, 3.8) is 0 Å². The molecule has 2 N–H and O–H groups in total. The Morgan fingerprint density at radius 1 is 1.30 bits per heavy atom. The summed E-state index contributed by atoms with van der Waals surface area (Å²) in [4.78, 5) is 9.55. The Morgan fingerprint density at radius 3 is 2.74 bits per heavy atom. The molecule has 23 heavy (non-hydrogen) atoms. The molecule has 0 radical (unpaired) electrons. The number of nitrogens with one attached hydrogen (secondary N) is 2. The van der Waals surface area contributed by atoms with E-state index in [0.29, 0.717) is 19.0 Å². The summed E-state index contributed by atoms with van der Waals surface area (Å²) in [7, 11) is 0. The van der Waals surface area contributed by atoms with Gasteiger partial charge >= 0.3 is 0 Å². The minimum atomic E-state index is -0.468. The number of aromatic nitrogens is 1. The van der Waals surface area contributed by atoms with Gasteiger partial charge in [0, 0.05) is 23.2 Å². The molecule has 0 fully saturated rings. The number of hydrogen-bond donors (Lipinski definition) is 2. The van der Waals surface area contributed by atoms with E-state index in [1.165, 1.54) is 0 Å². The van der Waals surface area contributed by atoms with Crippen molar-refractivity contribution in [3.05, 3.63) is 51.5 Å². The van der Waals surface area contributed by atoms with Crippen molar-refractivity contribution in [2.75, 3.05) is 6.54 Å². The Hall–Kier alpha value is -1.29. The van der Waals surface area contributed by atoms with Crippen molar-refractivity contribution < 1.29 is 8.78 Å². The van der Waals surface area contributed by atoms with Crippen LogP contribution in [0.5, 0.6) is 0 Å². The van der Waals surface area contributed by atoms with E-state index in [1.807, 2.05) is 20.0 Å². The fourth-order valence-electron chi connectivity index (χ4n) is 1.83. The van der Waals surface area contributed by atoms with Crippen LogP contribution in [0.1, 0.15) is 22.4 Å². The van der Waals surface area contributed by atoms with Crippen molar-refractivity contribution in [1.29, 1.82) is 0 Å². The van der Waals surface area contributed by atoms with Gasteiger partial charge in [0.15, 0.2) is 5.96 Å². The lowest BCUT2D eigenvalue weighted by Crippen LogP contribution is -2.36. The normalized spacial score (nSPS) is 11.0. The molecule has 0 amide bonds. The molecule has 0 saturated carbocycles. The molecule has 8 heteroatoms. The maximum Gasteiger partial charge on any atom is 0.191 e. The molecule has 0 saturated heterocycles. The molecule has 2 aromatic rings. The quantitative estimate of drug-likeness (QED) is 0.414. The number of guanidine groups is 1. The first-order chi connectivity index (χ1) is 10.6. The molecule has 1 heterocycles. The third kappa shape index (κ3) is 6.38. The summed E-state index contributed by atoms with van der Waals surface area (Å²) in [6, 6.07) is 3.37. The van der Waals surface area contributed by atoms with Crippen molar-refractivity contribution in [3.8, 4) is 0 Å². The number of thiazole rings is 1. The van der Waals surface area contributed by atoms with Crippen LogP contribution in [-0.2, 0) is 13.1 Å². The second kappa shape index (κ2) is 9.76. The predicted molar refractivity (Wildman–Crippen MR) is 100 cm³/mol. The molecule has 4 nitrogen and oxygen atoms in total. The summed E-state index contributed by atoms with van der Waals surface area (Å²) in [6.07, 6.45) is 1.81. The lowest BCUT2D eigenvalue weighted by Gasteiger charge is -2.10. The third-order valence-electron chi connectivity index (χ3n) is 2.86. The SMILES string of the molecule is CCNC(=NCc1cc(F)ccc1F)NCc1cnc(C)s1.I. The molecule has 0 aliphatic heterocycles. The topological polar surface area (TPSA) is 49.3 Å². The molecular formula is C15H19F2IN4S. The highest BCUT2D eigenvalue weighted by Gasteiger charge is 2.05. The standard InChI is InChI=1S/C15H18F2N4S.HI/c1-3-18-15(21-9-13-8-19-10(2)22-13)20-7-11-6-12(16)4-5-14(11)17;/h4-6,8H,3,7,9H2,1-2H3,(H2,18,20,21);1H.